The van der Waals surface area contributed by atoms with Crippen molar-refractivity contribution in [1.82, 2.24) is 4.72 Å². The van der Waals surface area contributed by atoms with Gasteiger partial charge in [-0.15, -0.1) is 0 Å². The van der Waals surface area contributed by atoms with Crippen LogP contribution in [0.5, 0.6) is 0 Å². The van der Waals surface area contributed by atoms with Crippen LogP contribution in [-0.2, 0) is 10.0 Å². The smallest absolute Gasteiger partial charge is 0.240 e. The van der Waals surface area contributed by atoms with Crippen molar-refractivity contribution in [3.8, 4) is 0 Å². The highest BCUT2D eigenvalue weighted by molar-refractivity contribution is 7.89. The Balaban J connectivity index is 2.73. The second-order valence-corrected chi connectivity index (χ2v) is 6.00. The summed E-state index contributed by atoms with van der Waals surface area (Å²) in [5.41, 5.74) is 1.91. The Kier molecular flexibility index (Phi) is 5.37. The van der Waals surface area contributed by atoms with Gasteiger partial charge in [0, 0.05) is 18.8 Å². The second kappa shape index (κ2) is 6.56. The summed E-state index contributed by atoms with van der Waals surface area (Å²) in [7, 11) is -3.37. The average Bonchev–Trinajstić information content (AvgIpc) is 2.34. The molecule has 0 fully saturated rings. The molecule has 0 unspecified atom stereocenters. The monoisotopic (exact) mass is 268 g/mol. The molecule has 0 saturated heterocycles. The van der Waals surface area contributed by atoms with Crippen molar-refractivity contribution < 1.29 is 8.42 Å². The van der Waals surface area contributed by atoms with Gasteiger partial charge in [0.2, 0.25) is 10.0 Å². The molecule has 100 valence electrons. The third-order valence-corrected chi connectivity index (χ3v) is 3.78. The van der Waals surface area contributed by atoms with Crippen LogP contribution in [0.4, 0.5) is 5.69 Å². The van der Waals surface area contributed by atoms with E-state index in [1.165, 1.54) is 0 Å². The number of benzene rings is 1. The van der Waals surface area contributed by atoms with Gasteiger partial charge in [0.05, 0.1) is 4.90 Å². The number of hydrogen-bond donors (Lipinski definition) is 2. The van der Waals surface area contributed by atoms with E-state index >= 15 is 0 Å². The lowest BCUT2D eigenvalue weighted by atomic mass is 10.3. The van der Waals surface area contributed by atoms with E-state index in [2.05, 4.69) is 16.6 Å². The summed E-state index contributed by atoms with van der Waals surface area (Å²) in [6.45, 7) is 8.78. The Morgan fingerprint density at radius 2 is 1.89 bits per heavy atom. The fraction of sp³-hybridized carbons (Fsp3) is 0.385. The molecule has 0 aliphatic carbocycles. The minimum Gasteiger partial charge on any atom is -0.381 e. The van der Waals surface area contributed by atoms with Crippen LogP contribution in [0.2, 0.25) is 0 Å². The topological polar surface area (TPSA) is 58.2 Å². The zero-order chi connectivity index (χ0) is 13.6. The third kappa shape index (κ3) is 4.50. The zero-order valence-corrected chi connectivity index (χ0v) is 11.7. The molecule has 0 spiro atoms. The Morgan fingerprint density at radius 1 is 1.28 bits per heavy atom. The molecule has 0 aliphatic heterocycles. The fourth-order valence-electron chi connectivity index (χ4n) is 1.32. The number of rotatable bonds is 7. The van der Waals surface area contributed by atoms with E-state index in [1.54, 1.807) is 24.3 Å². The SMILES string of the molecule is C=C(C)CNc1ccc(S(=O)(=O)NCCC)cc1. The molecular formula is C13H20N2O2S. The van der Waals surface area contributed by atoms with Gasteiger partial charge < -0.3 is 5.32 Å². The minimum atomic E-state index is -3.37. The first kappa shape index (κ1) is 14.7. The molecule has 1 aromatic carbocycles. The first-order valence-corrected chi connectivity index (χ1v) is 7.42. The van der Waals surface area contributed by atoms with E-state index < -0.39 is 10.0 Å². The summed E-state index contributed by atoms with van der Waals surface area (Å²) in [5.74, 6) is 0. The Morgan fingerprint density at radius 3 is 2.39 bits per heavy atom. The first-order chi connectivity index (χ1) is 8.45. The summed E-state index contributed by atoms with van der Waals surface area (Å²) in [6, 6.07) is 6.70. The summed E-state index contributed by atoms with van der Waals surface area (Å²) in [4.78, 5) is 0.289. The summed E-state index contributed by atoms with van der Waals surface area (Å²) < 4.78 is 26.2. The van der Waals surface area contributed by atoms with Gasteiger partial charge in [0.25, 0.3) is 0 Å². The molecule has 0 radical (unpaired) electrons. The van der Waals surface area contributed by atoms with Crippen LogP contribution in [-0.4, -0.2) is 21.5 Å². The molecule has 1 rings (SSSR count). The van der Waals surface area contributed by atoms with Crippen molar-refractivity contribution in [2.24, 2.45) is 0 Å². The van der Waals surface area contributed by atoms with E-state index in [4.69, 9.17) is 0 Å². The molecular weight excluding hydrogens is 248 g/mol. The van der Waals surface area contributed by atoms with Crippen LogP contribution in [0.15, 0.2) is 41.3 Å². The van der Waals surface area contributed by atoms with E-state index in [0.717, 1.165) is 17.7 Å². The second-order valence-electron chi connectivity index (χ2n) is 4.23. The standard InChI is InChI=1S/C13H20N2O2S/c1-4-9-15-18(16,17)13-7-5-12(6-8-13)14-10-11(2)3/h5-8,14-15H,2,4,9-10H2,1,3H3. The van der Waals surface area contributed by atoms with E-state index in [9.17, 15) is 8.42 Å². The molecule has 1 aromatic rings. The van der Waals surface area contributed by atoms with Gasteiger partial charge in [0.1, 0.15) is 0 Å². The highest BCUT2D eigenvalue weighted by Crippen LogP contribution is 2.14. The Labute approximate surface area is 109 Å². The van der Waals surface area contributed by atoms with Crippen LogP contribution in [0.3, 0.4) is 0 Å². The molecule has 5 heteroatoms. The molecule has 18 heavy (non-hydrogen) atoms. The van der Waals surface area contributed by atoms with Crippen molar-refractivity contribution in [3.63, 3.8) is 0 Å². The van der Waals surface area contributed by atoms with Gasteiger partial charge >= 0.3 is 0 Å². The molecule has 0 amide bonds. The molecule has 4 nitrogen and oxygen atoms in total. The highest BCUT2D eigenvalue weighted by atomic mass is 32.2. The lowest BCUT2D eigenvalue weighted by molar-refractivity contribution is 0.581. The van der Waals surface area contributed by atoms with E-state index in [1.807, 2.05) is 13.8 Å². The normalized spacial score (nSPS) is 11.2. The van der Waals surface area contributed by atoms with Gasteiger partial charge in [0.15, 0.2) is 0 Å². The van der Waals surface area contributed by atoms with E-state index in [0.29, 0.717) is 13.1 Å². The molecule has 0 aromatic heterocycles. The van der Waals surface area contributed by atoms with Gasteiger partial charge in [-0.2, -0.15) is 0 Å². The lowest BCUT2D eigenvalue weighted by Crippen LogP contribution is -2.24. The van der Waals surface area contributed by atoms with Crippen LogP contribution in [0.1, 0.15) is 20.3 Å². The van der Waals surface area contributed by atoms with Crippen molar-refractivity contribution in [2.75, 3.05) is 18.4 Å². The average molecular weight is 268 g/mol. The van der Waals surface area contributed by atoms with E-state index in [-0.39, 0.29) is 4.90 Å². The van der Waals surface area contributed by atoms with Gasteiger partial charge in [-0.1, -0.05) is 19.1 Å². The van der Waals surface area contributed by atoms with Crippen LogP contribution in [0, 0.1) is 0 Å². The van der Waals surface area contributed by atoms with Gasteiger partial charge in [-0.05, 0) is 37.6 Å². The maximum Gasteiger partial charge on any atom is 0.240 e. The number of sulfonamides is 1. The number of nitrogens with one attached hydrogen (secondary N) is 2. The summed E-state index contributed by atoms with van der Waals surface area (Å²) in [6.07, 6.45) is 0.775. The van der Waals surface area contributed by atoms with Crippen molar-refractivity contribution >= 4 is 15.7 Å². The maximum absolute atomic E-state index is 11.8. The minimum absolute atomic E-state index is 0.289. The molecule has 0 aliphatic rings. The van der Waals surface area contributed by atoms with Crippen LogP contribution < -0.4 is 10.0 Å². The summed E-state index contributed by atoms with van der Waals surface area (Å²) >= 11 is 0. The summed E-state index contributed by atoms with van der Waals surface area (Å²) in [5, 5.41) is 3.15. The molecule has 0 bridgehead atoms. The maximum atomic E-state index is 11.8. The highest BCUT2D eigenvalue weighted by Gasteiger charge is 2.12. The number of hydrogen-bond acceptors (Lipinski definition) is 3. The van der Waals surface area contributed by atoms with Crippen molar-refractivity contribution in [3.05, 3.63) is 36.4 Å². The fourth-order valence-corrected chi connectivity index (χ4v) is 2.46. The van der Waals surface area contributed by atoms with Crippen LogP contribution >= 0.6 is 0 Å². The van der Waals surface area contributed by atoms with Gasteiger partial charge in [-0.3, -0.25) is 0 Å². The zero-order valence-electron chi connectivity index (χ0n) is 10.9. The molecule has 2 N–H and O–H groups in total. The lowest BCUT2D eigenvalue weighted by Gasteiger charge is -2.08. The van der Waals surface area contributed by atoms with Crippen molar-refractivity contribution in [2.45, 2.75) is 25.2 Å². The van der Waals surface area contributed by atoms with Crippen molar-refractivity contribution in [1.29, 1.82) is 0 Å². The first-order valence-electron chi connectivity index (χ1n) is 5.93. The van der Waals surface area contributed by atoms with Gasteiger partial charge in [-0.25, -0.2) is 13.1 Å². The molecule has 0 heterocycles. The quantitative estimate of drug-likeness (QED) is 0.746. The predicted octanol–water partition coefficient (Wildman–Crippen LogP) is 2.36. The molecule has 0 atom stereocenters. The predicted molar refractivity (Wildman–Crippen MR) is 75.2 cm³/mol. The third-order valence-electron chi connectivity index (χ3n) is 2.30. The largest absolute Gasteiger partial charge is 0.381 e. The number of anilines is 1. The molecule has 0 saturated carbocycles. The Bertz CT molecular complexity index is 492. The Hall–Kier alpha value is -1.33. The van der Waals surface area contributed by atoms with Crippen LogP contribution in [0.25, 0.3) is 0 Å².